The molecule has 0 aliphatic carbocycles. The fourth-order valence-electron chi connectivity index (χ4n) is 3.25. The van der Waals surface area contributed by atoms with Crippen LogP contribution in [0.2, 0.25) is 0 Å². The molecule has 0 bridgehead atoms. The van der Waals surface area contributed by atoms with Crippen LogP contribution in [0.25, 0.3) is 0 Å². The quantitative estimate of drug-likeness (QED) is 0.663. The van der Waals surface area contributed by atoms with Gasteiger partial charge in [0.05, 0.1) is 31.4 Å². The summed E-state index contributed by atoms with van der Waals surface area (Å²) in [6.07, 6.45) is -4.54. The zero-order chi connectivity index (χ0) is 22.8. The highest BCUT2D eigenvalue weighted by Crippen LogP contribution is 2.35. The summed E-state index contributed by atoms with van der Waals surface area (Å²) in [5, 5.41) is 7.65. The summed E-state index contributed by atoms with van der Waals surface area (Å²) in [6, 6.07) is 7.81. The maximum absolute atomic E-state index is 13.0. The molecule has 1 aliphatic heterocycles. The van der Waals surface area contributed by atoms with Crippen LogP contribution in [-0.2, 0) is 11.0 Å². The number of alkyl halides is 3. The van der Waals surface area contributed by atoms with E-state index in [2.05, 4.69) is 16.0 Å². The summed E-state index contributed by atoms with van der Waals surface area (Å²) < 4.78 is 49.4. The molecule has 3 rings (SSSR count). The number of rotatable bonds is 5. The van der Waals surface area contributed by atoms with Crippen molar-refractivity contribution in [2.24, 2.45) is 0 Å². The fraction of sp³-hybridized carbons (Fsp3) is 0.238. The third-order valence-corrected chi connectivity index (χ3v) is 4.70. The molecule has 7 nitrogen and oxygen atoms in total. The minimum atomic E-state index is -4.54. The van der Waals surface area contributed by atoms with Gasteiger partial charge in [-0.25, -0.2) is 4.79 Å². The zero-order valence-corrected chi connectivity index (χ0v) is 16.9. The van der Waals surface area contributed by atoms with Gasteiger partial charge in [0.2, 0.25) is 0 Å². The van der Waals surface area contributed by atoms with Crippen LogP contribution in [0, 0.1) is 0 Å². The van der Waals surface area contributed by atoms with Crippen LogP contribution in [0.15, 0.2) is 53.7 Å². The predicted molar refractivity (Wildman–Crippen MR) is 107 cm³/mol. The molecule has 0 fully saturated rings. The lowest BCUT2D eigenvalue weighted by atomic mass is 9.94. The number of nitrogens with one attached hydrogen (secondary N) is 3. The van der Waals surface area contributed by atoms with Gasteiger partial charge in [-0.2, -0.15) is 13.2 Å². The second kappa shape index (κ2) is 8.58. The van der Waals surface area contributed by atoms with Gasteiger partial charge in [0.15, 0.2) is 11.5 Å². The van der Waals surface area contributed by atoms with Gasteiger partial charge in [0.25, 0.3) is 5.91 Å². The van der Waals surface area contributed by atoms with Crippen molar-refractivity contribution >= 4 is 17.6 Å². The van der Waals surface area contributed by atoms with Crippen molar-refractivity contribution in [3.05, 3.63) is 64.9 Å². The molecule has 10 heteroatoms. The fourth-order valence-corrected chi connectivity index (χ4v) is 3.25. The van der Waals surface area contributed by atoms with Gasteiger partial charge in [0, 0.05) is 11.4 Å². The first kappa shape index (κ1) is 22.0. The van der Waals surface area contributed by atoms with E-state index in [9.17, 15) is 22.8 Å². The monoisotopic (exact) mass is 435 g/mol. The lowest BCUT2D eigenvalue weighted by Gasteiger charge is -2.29. The Morgan fingerprint density at radius 2 is 1.77 bits per heavy atom. The molecule has 3 amide bonds. The molecule has 0 saturated carbocycles. The van der Waals surface area contributed by atoms with Crippen molar-refractivity contribution < 1.29 is 32.2 Å². The van der Waals surface area contributed by atoms with E-state index in [1.165, 1.54) is 33.3 Å². The topological polar surface area (TPSA) is 88.7 Å². The van der Waals surface area contributed by atoms with E-state index >= 15 is 0 Å². The summed E-state index contributed by atoms with van der Waals surface area (Å²) in [4.78, 5) is 25.1. The number of carbonyl (C=O) groups excluding carboxylic acids is 2. The highest BCUT2D eigenvalue weighted by atomic mass is 19.4. The van der Waals surface area contributed by atoms with E-state index < -0.39 is 29.7 Å². The smallest absolute Gasteiger partial charge is 0.416 e. The number of amides is 3. The molecule has 2 aromatic rings. The molecule has 1 heterocycles. The predicted octanol–water partition coefficient (Wildman–Crippen LogP) is 3.99. The van der Waals surface area contributed by atoms with Gasteiger partial charge < -0.3 is 25.4 Å². The molecule has 0 spiro atoms. The van der Waals surface area contributed by atoms with Crippen molar-refractivity contribution in [2.75, 3.05) is 19.5 Å². The summed E-state index contributed by atoms with van der Waals surface area (Å²) in [5.41, 5.74) is 0.0314. The van der Waals surface area contributed by atoms with E-state index in [1.54, 1.807) is 18.2 Å². The van der Waals surface area contributed by atoms with Gasteiger partial charge >= 0.3 is 12.2 Å². The number of anilines is 1. The van der Waals surface area contributed by atoms with Gasteiger partial charge in [-0.05, 0) is 42.8 Å². The molecule has 31 heavy (non-hydrogen) atoms. The van der Waals surface area contributed by atoms with Crippen molar-refractivity contribution in [1.29, 1.82) is 0 Å². The first-order valence-electron chi connectivity index (χ1n) is 9.13. The number of hydrogen-bond donors (Lipinski definition) is 3. The molecular formula is C21H20F3N3O4. The second-order valence-electron chi connectivity index (χ2n) is 6.72. The normalized spacial score (nSPS) is 16.3. The van der Waals surface area contributed by atoms with Crippen molar-refractivity contribution in [3.63, 3.8) is 0 Å². The Hall–Kier alpha value is -3.69. The summed E-state index contributed by atoms with van der Waals surface area (Å²) in [6.45, 7) is 1.54. The number of hydrogen-bond acceptors (Lipinski definition) is 4. The number of methoxy groups -OCH3 is 2. The summed E-state index contributed by atoms with van der Waals surface area (Å²) in [5.74, 6) is 0.189. The lowest BCUT2D eigenvalue weighted by molar-refractivity contribution is -0.137. The largest absolute Gasteiger partial charge is 0.493 e. The number of urea groups is 1. The molecule has 2 aromatic carbocycles. The Morgan fingerprint density at radius 3 is 2.42 bits per heavy atom. The molecule has 1 atom stereocenters. The maximum atomic E-state index is 13.0. The van der Waals surface area contributed by atoms with Crippen LogP contribution < -0.4 is 25.4 Å². The van der Waals surface area contributed by atoms with Gasteiger partial charge in [0.1, 0.15) is 0 Å². The van der Waals surface area contributed by atoms with Crippen LogP contribution in [0.5, 0.6) is 11.5 Å². The molecule has 0 saturated heterocycles. The van der Waals surface area contributed by atoms with Gasteiger partial charge in [-0.3, -0.25) is 4.79 Å². The van der Waals surface area contributed by atoms with E-state index in [-0.39, 0.29) is 17.0 Å². The molecule has 1 aliphatic rings. The number of ether oxygens (including phenoxy) is 2. The Morgan fingerprint density at radius 1 is 1.06 bits per heavy atom. The maximum Gasteiger partial charge on any atom is 0.416 e. The highest BCUT2D eigenvalue weighted by Gasteiger charge is 2.33. The summed E-state index contributed by atoms with van der Waals surface area (Å²) in [7, 11) is 2.92. The second-order valence-corrected chi connectivity index (χ2v) is 6.72. The van der Waals surface area contributed by atoms with E-state index in [1.807, 2.05) is 0 Å². The first-order chi connectivity index (χ1) is 14.6. The Balaban J connectivity index is 1.96. The highest BCUT2D eigenvalue weighted by molar-refractivity contribution is 6.06. The number of allylic oxidation sites excluding steroid dienone is 1. The number of halogens is 3. The molecule has 0 unspecified atom stereocenters. The van der Waals surface area contributed by atoms with Crippen molar-refractivity contribution in [1.82, 2.24) is 10.6 Å². The zero-order valence-electron chi connectivity index (χ0n) is 16.9. The Kier molecular flexibility index (Phi) is 6.09. The average molecular weight is 435 g/mol. The SMILES string of the molecule is COc1ccc([C@@H]2NC(=O)NC(C)=C2C(=O)Nc2cccc(C(F)(F)F)c2)cc1OC. The average Bonchev–Trinajstić information content (AvgIpc) is 2.72. The number of carbonyl (C=O) groups is 2. The minimum absolute atomic E-state index is 0.0249. The van der Waals surface area contributed by atoms with E-state index in [0.717, 1.165) is 12.1 Å². The van der Waals surface area contributed by atoms with Crippen LogP contribution >= 0.6 is 0 Å². The van der Waals surface area contributed by atoms with Crippen LogP contribution in [0.3, 0.4) is 0 Å². The molecule has 3 N–H and O–H groups in total. The van der Waals surface area contributed by atoms with Crippen LogP contribution in [0.4, 0.5) is 23.7 Å². The first-order valence-corrected chi connectivity index (χ1v) is 9.13. The van der Waals surface area contributed by atoms with Crippen LogP contribution in [-0.4, -0.2) is 26.2 Å². The van der Waals surface area contributed by atoms with E-state index in [0.29, 0.717) is 17.1 Å². The molecule has 0 radical (unpaired) electrons. The number of benzene rings is 2. The lowest BCUT2D eigenvalue weighted by Crippen LogP contribution is -2.46. The van der Waals surface area contributed by atoms with Gasteiger partial charge in [-0.1, -0.05) is 12.1 Å². The molecule has 0 aromatic heterocycles. The molecular weight excluding hydrogens is 415 g/mol. The van der Waals surface area contributed by atoms with Crippen LogP contribution in [0.1, 0.15) is 24.1 Å². The van der Waals surface area contributed by atoms with E-state index in [4.69, 9.17) is 9.47 Å². The Bertz CT molecular complexity index is 1050. The van der Waals surface area contributed by atoms with Gasteiger partial charge in [-0.15, -0.1) is 0 Å². The van der Waals surface area contributed by atoms with Crippen molar-refractivity contribution in [3.8, 4) is 11.5 Å². The third kappa shape index (κ3) is 4.73. The minimum Gasteiger partial charge on any atom is -0.493 e. The summed E-state index contributed by atoms with van der Waals surface area (Å²) >= 11 is 0. The third-order valence-electron chi connectivity index (χ3n) is 4.70. The standard InChI is InChI=1S/C21H20F3N3O4/c1-11-17(19(28)26-14-6-4-5-13(10-14)21(22,23)24)18(27-20(29)25-11)12-7-8-15(30-2)16(9-12)31-3/h4-10,18H,1-3H3,(H,26,28)(H2,25,27,29)/t18-/m0/s1. The molecule has 164 valence electrons. The van der Waals surface area contributed by atoms with Crippen molar-refractivity contribution in [2.45, 2.75) is 19.1 Å². The Labute approximate surface area is 176 Å².